The third-order valence-corrected chi connectivity index (χ3v) is 5.12. The Kier molecular flexibility index (Phi) is 4.03. The molecule has 0 saturated carbocycles. The molecular formula is C19H22N4O2. The normalized spacial score (nSPS) is 17.8. The molecule has 1 aromatic carbocycles. The summed E-state index contributed by atoms with van der Waals surface area (Å²) in [7, 11) is 1.65. The smallest absolute Gasteiger partial charge is 0.258 e. The van der Waals surface area contributed by atoms with Crippen LogP contribution in [0.25, 0.3) is 0 Å². The van der Waals surface area contributed by atoms with E-state index >= 15 is 0 Å². The summed E-state index contributed by atoms with van der Waals surface area (Å²) >= 11 is 0. The number of rotatable bonds is 4. The second kappa shape index (κ2) is 6.35. The quantitative estimate of drug-likeness (QED) is 0.858. The van der Waals surface area contributed by atoms with Crippen LogP contribution in [0.15, 0.2) is 30.5 Å². The van der Waals surface area contributed by atoms with Crippen molar-refractivity contribution >= 4 is 11.9 Å². The molecule has 25 heavy (non-hydrogen) atoms. The van der Waals surface area contributed by atoms with Gasteiger partial charge in [0, 0.05) is 19.3 Å². The van der Waals surface area contributed by atoms with E-state index in [0.29, 0.717) is 12.1 Å². The summed E-state index contributed by atoms with van der Waals surface area (Å²) in [5.41, 5.74) is 2.54. The zero-order valence-electron chi connectivity index (χ0n) is 14.6. The topological polar surface area (TPSA) is 58.6 Å². The largest absolute Gasteiger partial charge is 0.497 e. The number of carbonyl (C=O) groups excluding carboxylic acids is 1. The van der Waals surface area contributed by atoms with Crippen LogP contribution < -0.4 is 9.64 Å². The van der Waals surface area contributed by atoms with E-state index in [4.69, 9.17) is 4.74 Å². The summed E-state index contributed by atoms with van der Waals surface area (Å²) in [4.78, 5) is 25.9. The summed E-state index contributed by atoms with van der Waals surface area (Å²) in [6.45, 7) is 4.57. The summed E-state index contributed by atoms with van der Waals surface area (Å²) < 4.78 is 5.20. The monoisotopic (exact) mass is 338 g/mol. The standard InChI is InChI=1S/C19H22N4O2/c1-13(14-5-7-15(25-2)8-6-14)23-12-17-16(18(23)24)11-20-19(21-17)22-9-3-4-10-22/h5-8,11,13H,3-4,9-10,12H2,1-2H3/t13-/m1/s1. The van der Waals surface area contributed by atoms with Crippen molar-refractivity contribution in [1.29, 1.82) is 0 Å². The second-order valence-electron chi connectivity index (χ2n) is 6.61. The molecule has 2 aromatic rings. The van der Waals surface area contributed by atoms with E-state index in [1.165, 1.54) is 12.8 Å². The zero-order chi connectivity index (χ0) is 17.4. The van der Waals surface area contributed by atoms with Gasteiger partial charge < -0.3 is 14.5 Å². The number of hydrogen-bond acceptors (Lipinski definition) is 5. The Morgan fingerprint density at radius 3 is 2.56 bits per heavy atom. The van der Waals surface area contributed by atoms with E-state index in [9.17, 15) is 4.79 Å². The molecule has 6 heteroatoms. The maximum atomic E-state index is 12.8. The Morgan fingerprint density at radius 2 is 1.88 bits per heavy atom. The molecule has 0 N–H and O–H groups in total. The molecule has 1 amide bonds. The summed E-state index contributed by atoms with van der Waals surface area (Å²) in [5.74, 6) is 1.57. The van der Waals surface area contributed by atoms with Crippen LogP contribution in [0.2, 0.25) is 0 Å². The van der Waals surface area contributed by atoms with Crippen LogP contribution in [0.1, 0.15) is 47.4 Å². The molecule has 6 nitrogen and oxygen atoms in total. The number of amides is 1. The Balaban J connectivity index is 1.56. The van der Waals surface area contributed by atoms with E-state index < -0.39 is 0 Å². The maximum Gasteiger partial charge on any atom is 0.258 e. The van der Waals surface area contributed by atoms with Gasteiger partial charge in [-0.2, -0.15) is 0 Å². The van der Waals surface area contributed by atoms with E-state index in [0.717, 1.165) is 36.0 Å². The van der Waals surface area contributed by atoms with Crippen LogP contribution in [-0.2, 0) is 6.54 Å². The van der Waals surface area contributed by atoms with Crippen molar-refractivity contribution in [2.75, 3.05) is 25.1 Å². The Hall–Kier alpha value is -2.63. The number of aromatic nitrogens is 2. The minimum atomic E-state index is -0.0251. The molecule has 2 aliphatic rings. The second-order valence-corrected chi connectivity index (χ2v) is 6.61. The fraction of sp³-hybridized carbons (Fsp3) is 0.421. The molecule has 0 radical (unpaired) electrons. The summed E-state index contributed by atoms with van der Waals surface area (Å²) in [6, 6.07) is 7.82. The lowest BCUT2D eigenvalue weighted by Gasteiger charge is -2.24. The van der Waals surface area contributed by atoms with Crippen molar-refractivity contribution in [3.8, 4) is 5.75 Å². The summed E-state index contributed by atoms with van der Waals surface area (Å²) in [6.07, 6.45) is 4.05. The first-order chi connectivity index (χ1) is 12.2. The van der Waals surface area contributed by atoms with Crippen LogP contribution in [-0.4, -0.2) is 41.0 Å². The lowest BCUT2D eigenvalue weighted by molar-refractivity contribution is 0.0715. The highest BCUT2D eigenvalue weighted by Crippen LogP contribution is 2.31. The van der Waals surface area contributed by atoms with Crippen LogP contribution in [0.3, 0.4) is 0 Å². The number of hydrogen-bond donors (Lipinski definition) is 0. The third-order valence-electron chi connectivity index (χ3n) is 5.12. The molecule has 1 aromatic heterocycles. The van der Waals surface area contributed by atoms with Crippen molar-refractivity contribution in [1.82, 2.24) is 14.9 Å². The van der Waals surface area contributed by atoms with Crippen molar-refractivity contribution in [2.45, 2.75) is 32.4 Å². The number of benzene rings is 1. The zero-order valence-corrected chi connectivity index (χ0v) is 14.6. The number of methoxy groups -OCH3 is 1. The highest BCUT2D eigenvalue weighted by atomic mass is 16.5. The van der Waals surface area contributed by atoms with Crippen LogP contribution in [0, 0.1) is 0 Å². The van der Waals surface area contributed by atoms with E-state index in [1.54, 1.807) is 13.3 Å². The Morgan fingerprint density at radius 1 is 1.16 bits per heavy atom. The van der Waals surface area contributed by atoms with Gasteiger partial charge in [-0.25, -0.2) is 9.97 Å². The Bertz CT molecular complexity index is 785. The van der Waals surface area contributed by atoms with Gasteiger partial charge in [-0.1, -0.05) is 12.1 Å². The van der Waals surface area contributed by atoms with Gasteiger partial charge in [-0.15, -0.1) is 0 Å². The van der Waals surface area contributed by atoms with E-state index in [-0.39, 0.29) is 11.9 Å². The Labute approximate surface area is 147 Å². The van der Waals surface area contributed by atoms with Gasteiger partial charge in [0.25, 0.3) is 5.91 Å². The maximum absolute atomic E-state index is 12.8. The molecule has 0 spiro atoms. The number of ether oxygens (including phenoxy) is 1. The molecule has 130 valence electrons. The van der Waals surface area contributed by atoms with E-state index in [1.807, 2.05) is 36.1 Å². The predicted octanol–water partition coefficient (Wildman–Crippen LogP) is 2.80. The molecule has 1 atom stereocenters. The van der Waals surface area contributed by atoms with Crippen LogP contribution in [0.5, 0.6) is 5.75 Å². The average Bonchev–Trinajstić information content (AvgIpc) is 3.29. The highest BCUT2D eigenvalue weighted by Gasteiger charge is 2.33. The molecule has 0 unspecified atom stereocenters. The SMILES string of the molecule is COc1ccc([C@@H](C)N2Cc3nc(N4CCCC4)ncc3C2=O)cc1. The van der Waals surface area contributed by atoms with Crippen LogP contribution in [0.4, 0.5) is 5.95 Å². The van der Waals surface area contributed by atoms with Gasteiger partial charge in [0.2, 0.25) is 5.95 Å². The van der Waals surface area contributed by atoms with Crippen molar-refractivity contribution < 1.29 is 9.53 Å². The third kappa shape index (κ3) is 2.81. The molecular weight excluding hydrogens is 316 g/mol. The molecule has 1 saturated heterocycles. The van der Waals surface area contributed by atoms with E-state index in [2.05, 4.69) is 14.9 Å². The van der Waals surface area contributed by atoms with Gasteiger partial charge in [0.05, 0.1) is 31.0 Å². The molecule has 0 aliphatic carbocycles. The number of carbonyl (C=O) groups is 1. The van der Waals surface area contributed by atoms with Gasteiger partial charge in [0.15, 0.2) is 0 Å². The molecule has 3 heterocycles. The minimum absolute atomic E-state index is 0.00582. The fourth-order valence-electron chi connectivity index (χ4n) is 3.54. The number of anilines is 1. The molecule has 2 aliphatic heterocycles. The average molecular weight is 338 g/mol. The molecule has 4 rings (SSSR count). The van der Waals surface area contributed by atoms with Crippen LogP contribution >= 0.6 is 0 Å². The van der Waals surface area contributed by atoms with Crippen molar-refractivity contribution in [3.05, 3.63) is 47.3 Å². The van der Waals surface area contributed by atoms with Crippen molar-refractivity contribution in [2.24, 2.45) is 0 Å². The number of fused-ring (bicyclic) bond motifs is 1. The first kappa shape index (κ1) is 15.9. The van der Waals surface area contributed by atoms with Gasteiger partial charge >= 0.3 is 0 Å². The first-order valence-electron chi connectivity index (χ1n) is 8.73. The number of nitrogens with zero attached hydrogens (tertiary/aromatic N) is 4. The highest BCUT2D eigenvalue weighted by molar-refractivity contribution is 5.97. The predicted molar refractivity (Wildman–Crippen MR) is 94.8 cm³/mol. The van der Waals surface area contributed by atoms with Crippen molar-refractivity contribution in [3.63, 3.8) is 0 Å². The summed E-state index contributed by atoms with van der Waals surface area (Å²) in [5, 5.41) is 0. The first-order valence-corrected chi connectivity index (χ1v) is 8.73. The fourth-order valence-corrected chi connectivity index (χ4v) is 3.54. The van der Waals surface area contributed by atoms with Gasteiger partial charge in [0.1, 0.15) is 5.75 Å². The van der Waals surface area contributed by atoms with Gasteiger partial charge in [-0.3, -0.25) is 4.79 Å². The molecule has 0 bridgehead atoms. The molecule has 1 fully saturated rings. The lowest BCUT2D eigenvalue weighted by Crippen LogP contribution is -2.27. The van der Waals surface area contributed by atoms with Gasteiger partial charge in [-0.05, 0) is 37.5 Å². The lowest BCUT2D eigenvalue weighted by atomic mass is 10.1. The minimum Gasteiger partial charge on any atom is -0.497 e.